The lowest BCUT2D eigenvalue weighted by Crippen LogP contribution is -2.32. The highest BCUT2D eigenvalue weighted by atomic mass is 16.3. The van der Waals surface area contributed by atoms with Gasteiger partial charge in [-0.15, -0.1) is 0 Å². The second kappa shape index (κ2) is 5.54. The minimum Gasteiger partial charge on any atom is -0.508 e. The molecule has 0 spiro atoms. The van der Waals surface area contributed by atoms with Crippen LogP contribution < -0.4 is 4.90 Å². The van der Waals surface area contributed by atoms with Crippen molar-refractivity contribution in [2.45, 2.75) is 26.7 Å². The number of phenolic OH excluding ortho intramolecular Hbond substituents is 1. The Hall–Kier alpha value is -1.51. The quantitative estimate of drug-likeness (QED) is 0.849. The first-order chi connectivity index (χ1) is 7.60. The minimum absolute atomic E-state index is 0.0624. The summed E-state index contributed by atoms with van der Waals surface area (Å²) in [6, 6.07) is 6.75. The molecule has 1 rings (SSSR count). The summed E-state index contributed by atoms with van der Waals surface area (Å²) in [6.45, 7) is 4.03. The Morgan fingerprint density at radius 1 is 1.38 bits per heavy atom. The Balaban J connectivity index is 2.85. The maximum absolute atomic E-state index is 12.1. The Kier molecular flexibility index (Phi) is 4.35. The molecule has 1 N–H and O–H groups in total. The third-order valence-electron chi connectivity index (χ3n) is 2.88. The molecule has 1 amide bonds. The zero-order valence-corrected chi connectivity index (χ0v) is 10.1. The average Bonchev–Trinajstić information content (AvgIpc) is 2.29. The van der Waals surface area contributed by atoms with Gasteiger partial charge >= 0.3 is 0 Å². The summed E-state index contributed by atoms with van der Waals surface area (Å²) in [5.74, 6) is 0.352. The molecule has 0 aromatic heterocycles. The molecule has 0 saturated heterocycles. The molecule has 16 heavy (non-hydrogen) atoms. The van der Waals surface area contributed by atoms with E-state index in [1.54, 1.807) is 30.1 Å². The Bertz CT molecular complexity index is 359. The zero-order chi connectivity index (χ0) is 12.1. The monoisotopic (exact) mass is 221 g/mol. The molecular weight excluding hydrogens is 202 g/mol. The van der Waals surface area contributed by atoms with Gasteiger partial charge in [0, 0.05) is 24.7 Å². The van der Waals surface area contributed by atoms with Crippen LogP contribution in [0.25, 0.3) is 0 Å². The zero-order valence-electron chi connectivity index (χ0n) is 10.1. The standard InChI is InChI=1S/C13H19NO2/c1-4-10(5-2)13(16)14(3)11-7-6-8-12(15)9-11/h6-10,15H,4-5H2,1-3H3. The number of amides is 1. The maximum atomic E-state index is 12.1. The van der Waals surface area contributed by atoms with E-state index in [4.69, 9.17) is 0 Å². The summed E-state index contributed by atoms with van der Waals surface area (Å²) in [7, 11) is 1.75. The summed E-state index contributed by atoms with van der Waals surface area (Å²) >= 11 is 0. The maximum Gasteiger partial charge on any atom is 0.229 e. The number of hydrogen-bond acceptors (Lipinski definition) is 2. The molecule has 0 aliphatic carbocycles. The van der Waals surface area contributed by atoms with Crippen LogP contribution in [0.2, 0.25) is 0 Å². The first-order valence-electron chi connectivity index (χ1n) is 5.66. The first-order valence-corrected chi connectivity index (χ1v) is 5.66. The average molecular weight is 221 g/mol. The topological polar surface area (TPSA) is 40.5 Å². The molecule has 88 valence electrons. The van der Waals surface area contributed by atoms with Crippen molar-refractivity contribution in [3.05, 3.63) is 24.3 Å². The van der Waals surface area contributed by atoms with Crippen LogP contribution in [-0.2, 0) is 4.79 Å². The van der Waals surface area contributed by atoms with Gasteiger partial charge in [-0.2, -0.15) is 0 Å². The van der Waals surface area contributed by atoms with Gasteiger partial charge in [-0.3, -0.25) is 4.79 Å². The van der Waals surface area contributed by atoms with Crippen molar-refractivity contribution < 1.29 is 9.90 Å². The number of aromatic hydroxyl groups is 1. The molecule has 0 heterocycles. The van der Waals surface area contributed by atoms with Crippen molar-refractivity contribution in [1.29, 1.82) is 0 Å². The van der Waals surface area contributed by atoms with E-state index < -0.39 is 0 Å². The number of carbonyl (C=O) groups is 1. The molecule has 1 aromatic rings. The largest absolute Gasteiger partial charge is 0.508 e. The molecule has 3 nitrogen and oxygen atoms in total. The molecule has 0 fully saturated rings. The van der Waals surface area contributed by atoms with Gasteiger partial charge in [-0.25, -0.2) is 0 Å². The van der Waals surface area contributed by atoms with Crippen LogP contribution in [0.3, 0.4) is 0 Å². The van der Waals surface area contributed by atoms with Gasteiger partial charge in [0.2, 0.25) is 5.91 Å². The lowest BCUT2D eigenvalue weighted by Gasteiger charge is -2.22. The van der Waals surface area contributed by atoms with Crippen LogP contribution in [-0.4, -0.2) is 18.1 Å². The van der Waals surface area contributed by atoms with E-state index in [-0.39, 0.29) is 17.6 Å². The van der Waals surface area contributed by atoms with E-state index in [0.29, 0.717) is 0 Å². The van der Waals surface area contributed by atoms with Crippen LogP contribution in [0.15, 0.2) is 24.3 Å². The molecule has 0 radical (unpaired) electrons. The van der Waals surface area contributed by atoms with Crippen molar-refractivity contribution in [2.75, 3.05) is 11.9 Å². The van der Waals surface area contributed by atoms with Crippen molar-refractivity contribution in [1.82, 2.24) is 0 Å². The van der Waals surface area contributed by atoms with Crippen LogP contribution in [0.1, 0.15) is 26.7 Å². The molecule has 3 heteroatoms. The number of hydrogen-bond donors (Lipinski definition) is 1. The molecule has 1 aromatic carbocycles. The van der Waals surface area contributed by atoms with E-state index in [2.05, 4.69) is 0 Å². The number of nitrogens with zero attached hydrogens (tertiary/aromatic N) is 1. The summed E-state index contributed by atoms with van der Waals surface area (Å²) in [5, 5.41) is 9.36. The van der Waals surface area contributed by atoms with Crippen molar-refractivity contribution >= 4 is 11.6 Å². The van der Waals surface area contributed by atoms with Gasteiger partial charge < -0.3 is 10.0 Å². The van der Waals surface area contributed by atoms with Gasteiger partial charge in [-0.1, -0.05) is 19.9 Å². The lowest BCUT2D eigenvalue weighted by molar-refractivity contribution is -0.122. The Labute approximate surface area is 96.7 Å². The fraction of sp³-hybridized carbons (Fsp3) is 0.462. The molecule has 0 aliphatic heterocycles. The molecule has 0 atom stereocenters. The van der Waals surface area contributed by atoms with Gasteiger partial charge in [0.25, 0.3) is 0 Å². The lowest BCUT2D eigenvalue weighted by atomic mass is 10.0. The molecule has 0 unspecified atom stereocenters. The summed E-state index contributed by atoms with van der Waals surface area (Å²) in [6.07, 6.45) is 1.69. The second-order valence-corrected chi connectivity index (χ2v) is 3.93. The van der Waals surface area contributed by atoms with Gasteiger partial charge in [0.1, 0.15) is 5.75 Å². The fourth-order valence-electron chi connectivity index (χ4n) is 1.74. The van der Waals surface area contributed by atoms with E-state index in [0.717, 1.165) is 18.5 Å². The number of anilines is 1. The van der Waals surface area contributed by atoms with E-state index in [1.165, 1.54) is 0 Å². The predicted octanol–water partition coefficient (Wildman–Crippen LogP) is 2.79. The fourth-order valence-corrected chi connectivity index (χ4v) is 1.74. The highest BCUT2D eigenvalue weighted by molar-refractivity contribution is 5.94. The number of benzene rings is 1. The third kappa shape index (κ3) is 2.75. The molecule has 0 bridgehead atoms. The third-order valence-corrected chi connectivity index (χ3v) is 2.88. The highest BCUT2D eigenvalue weighted by Crippen LogP contribution is 2.21. The first kappa shape index (κ1) is 12.6. The smallest absolute Gasteiger partial charge is 0.229 e. The molecular formula is C13H19NO2. The van der Waals surface area contributed by atoms with Gasteiger partial charge in [-0.05, 0) is 25.0 Å². The van der Waals surface area contributed by atoms with Crippen LogP contribution in [0.5, 0.6) is 5.75 Å². The Morgan fingerprint density at radius 2 is 2.00 bits per heavy atom. The van der Waals surface area contributed by atoms with Crippen molar-refractivity contribution in [2.24, 2.45) is 5.92 Å². The van der Waals surface area contributed by atoms with E-state index in [9.17, 15) is 9.90 Å². The SMILES string of the molecule is CCC(CC)C(=O)N(C)c1cccc(O)c1. The van der Waals surface area contributed by atoms with Crippen LogP contribution in [0.4, 0.5) is 5.69 Å². The predicted molar refractivity (Wildman–Crippen MR) is 65.6 cm³/mol. The summed E-state index contributed by atoms with van der Waals surface area (Å²) < 4.78 is 0. The minimum atomic E-state index is 0.0624. The molecule has 0 aliphatic rings. The van der Waals surface area contributed by atoms with Crippen LogP contribution >= 0.6 is 0 Å². The van der Waals surface area contributed by atoms with Gasteiger partial charge in [0.15, 0.2) is 0 Å². The number of phenols is 1. The summed E-state index contributed by atoms with van der Waals surface area (Å²) in [5.41, 5.74) is 0.733. The molecule has 0 saturated carbocycles. The van der Waals surface area contributed by atoms with E-state index in [1.807, 2.05) is 19.9 Å². The number of rotatable bonds is 4. The normalized spacial score (nSPS) is 10.5. The van der Waals surface area contributed by atoms with E-state index >= 15 is 0 Å². The van der Waals surface area contributed by atoms with Crippen LogP contribution in [0, 0.1) is 5.92 Å². The second-order valence-electron chi connectivity index (χ2n) is 3.93. The summed E-state index contributed by atoms with van der Waals surface area (Å²) in [4.78, 5) is 13.7. The highest BCUT2D eigenvalue weighted by Gasteiger charge is 2.19. The number of carbonyl (C=O) groups excluding carboxylic acids is 1. The van der Waals surface area contributed by atoms with Crippen molar-refractivity contribution in [3.63, 3.8) is 0 Å². The Morgan fingerprint density at radius 3 is 2.50 bits per heavy atom. The van der Waals surface area contributed by atoms with Gasteiger partial charge in [0.05, 0.1) is 0 Å². The van der Waals surface area contributed by atoms with Crippen molar-refractivity contribution in [3.8, 4) is 5.75 Å².